The Morgan fingerprint density at radius 2 is 2.25 bits per heavy atom. The van der Waals surface area contributed by atoms with Crippen LogP contribution in [0.15, 0.2) is 0 Å². The van der Waals surface area contributed by atoms with E-state index >= 15 is 0 Å². The Morgan fingerprint density at radius 1 is 1.56 bits per heavy atom. The molecule has 1 heterocycles. The SMILES string of the molecule is CCC(COC)NCc1c(Cl)c(C)nn1C. The summed E-state index contributed by atoms with van der Waals surface area (Å²) in [5, 5.41) is 8.44. The van der Waals surface area contributed by atoms with Gasteiger partial charge in [0, 0.05) is 26.7 Å². The van der Waals surface area contributed by atoms with Crippen LogP contribution >= 0.6 is 11.6 Å². The van der Waals surface area contributed by atoms with E-state index in [9.17, 15) is 0 Å². The first-order valence-electron chi connectivity index (χ1n) is 5.50. The summed E-state index contributed by atoms with van der Waals surface area (Å²) in [6.07, 6.45) is 1.03. The van der Waals surface area contributed by atoms with E-state index in [0.717, 1.165) is 29.4 Å². The number of nitrogens with zero attached hydrogens (tertiary/aromatic N) is 2. The number of methoxy groups -OCH3 is 1. The first-order chi connectivity index (χ1) is 7.60. The lowest BCUT2D eigenvalue weighted by molar-refractivity contribution is 0.163. The van der Waals surface area contributed by atoms with Crippen LogP contribution in [0, 0.1) is 6.92 Å². The van der Waals surface area contributed by atoms with Crippen LogP contribution < -0.4 is 5.32 Å². The van der Waals surface area contributed by atoms with Gasteiger partial charge in [-0.25, -0.2) is 0 Å². The van der Waals surface area contributed by atoms with Crippen LogP contribution in [0.4, 0.5) is 0 Å². The third-order valence-corrected chi connectivity index (χ3v) is 3.17. The molecule has 1 aromatic rings. The fraction of sp³-hybridized carbons (Fsp3) is 0.727. The van der Waals surface area contributed by atoms with Gasteiger partial charge in [0.2, 0.25) is 0 Å². The van der Waals surface area contributed by atoms with Gasteiger partial charge >= 0.3 is 0 Å². The van der Waals surface area contributed by atoms with Crippen LogP contribution in [0.25, 0.3) is 0 Å². The number of hydrogen-bond acceptors (Lipinski definition) is 3. The van der Waals surface area contributed by atoms with Gasteiger partial charge < -0.3 is 10.1 Å². The molecular formula is C11H20ClN3O. The number of rotatable bonds is 6. The van der Waals surface area contributed by atoms with Crippen molar-refractivity contribution in [3.8, 4) is 0 Å². The quantitative estimate of drug-likeness (QED) is 0.832. The lowest BCUT2D eigenvalue weighted by Gasteiger charge is -2.15. The summed E-state index contributed by atoms with van der Waals surface area (Å²) in [5.74, 6) is 0. The highest BCUT2D eigenvalue weighted by atomic mass is 35.5. The van der Waals surface area contributed by atoms with Gasteiger partial charge in [-0.3, -0.25) is 4.68 Å². The molecule has 0 saturated carbocycles. The van der Waals surface area contributed by atoms with E-state index in [0.29, 0.717) is 12.6 Å². The molecule has 0 fully saturated rings. The van der Waals surface area contributed by atoms with Crippen molar-refractivity contribution < 1.29 is 4.74 Å². The molecule has 92 valence electrons. The highest BCUT2D eigenvalue weighted by Gasteiger charge is 2.12. The third-order valence-electron chi connectivity index (χ3n) is 2.68. The molecule has 0 aliphatic heterocycles. The molecule has 1 rings (SSSR count). The fourth-order valence-electron chi connectivity index (χ4n) is 1.64. The molecule has 5 heteroatoms. The summed E-state index contributed by atoms with van der Waals surface area (Å²) < 4.78 is 6.95. The van der Waals surface area contributed by atoms with Gasteiger partial charge in [-0.15, -0.1) is 0 Å². The maximum absolute atomic E-state index is 6.16. The minimum absolute atomic E-state index is 0.358. The van der Waals surface area contributed by atoms with Crippen molar-refractivity contribution in [2.45, 2.75) is 32.9 Å². The monoisotopic (exact) mass is 245 g/mol. The number of aromatic nitrogens is 2. The van der Waals surface area contributed by atoms with E-state index in [4.69, 9.17) is 16.3 Å². The zero-order chi connectivity index (χ0) is 12.1. The molecule has 0 bridgehead atoms. The van der Waals surface area contributed by atoms with Gasteiger partial charge in [0.15, 0.2) is 0 Å². The van der Waals surface area contributed by atoms with E-state index in [2.05, 4.69) is 17.3 Å². The zero-order valence-electron chi connectivity index (χ0n) is 10.4. The highest BCUT2D eigenvalue weighted by molar-refractivity contribution is 6.31. The molecule has 0 spiro atoms. The van der Waals surface area contributed by atoms with Crippen LogP contribution in [0.2, 0.25) is 5.02 Å². The summed E-state index contributed by atoms with van der Waals surface area (Å²) in [5.41, 5.74) is 1.90. The number of nitrogens with one attached hydrogen (secondary N) is 1. The predicted molar refractivity (Wildman–Crippen MR) is 65.7 cm³/mol. The molecule has 0 aliphatic rings. The van der Waals surface area contributed by atoms with Crippen molar-refractivity contribution in [1.82, 2.24) is 15.1 Å². The van der Waals surface area contributed by atoms with Crippen LogP contribution in [0.3, 0.4) is 0 Å². The Balaban J connectivity index is 2.59. The smallest absolute Gasteiger partial charge is 0.0860 e. The van der Waals surface area contributed by atoms with Gasteiger partial charge in [0.1, 0.15) is 0 Å². The minimum Gasteiger partial charge on any atom is -0.383 e. The second kappa shape index (κ2) is 6.23. The Hall–Kier alpha value is -0.580. The minimum atomic E-state index is 0.358. The van der Waals surface area contributed by atoms with Crippen LogP contribution in [-0.2, 0) is 18.3 Å². The van der Waals surface area contributed by atoms with E-state index in [1.165, 1.54) is 0 Å². The van der Waals surface area contributed by atoms with Crippen LogP contribution in [0.5, 0.6) is 0 Å². The molecule has 0 amide bonds. The van der Waals surface area contributed by atoms with E-state index < -0.39 is 0 Å². The highest BCUT2D eigenvalue weighted by Crippen LogP contribution is 2.19. The molecular weight excluding hydrogens is 226 g/mol. The van der Waals surface area contributed by atoms with Gasteiger partial charge in [-0.05, 0) is 13.3 Å². The molecule has 1 unspecified atom stereocenters. The number of halogens is 1. The third kappa shape index (κ3) is 3.20. The lowest BCUT2D eigenvalue weighted by atomic mass is 10.2. The average Bonchev–Trinajstić information content (AvgIpc) is 2.49. The summed E-state index contributed by atoms with van der Waals surface area (Å²) in [6, 6.07) is 0.358. The van der Waals surface area contributed by atoms with Gasteiger partial charge in [0.25, 0.3) is 0 Å². The Kier molecular flexibility index (Phi) is 5.25. The fourth-order valence-corrected chi connectivity index (χ4v) is 1.86. The van der Waals surface area contributed by atoms with Gasteiger partial charge in [-0.2, -0.15) is 5.10 Å². The summed E-state index contributed by atoms with van der Waals surface area (Å²) >= 11 is 6.16. The normalized spacial score (nSPS) is 13.1. The van der Waals surface area contributed by atoms with E-state index in [1.807, 2.05) is 18.7 Å². The summed E-state index contributed by atoms with van der Waals surface area (Å²) in [7, 11) is 3.62. The first kappa shape index (κ1) is 13.5. The second-order valence-corrected chi connectivity index (χ2v) is 4.29. The summed E-state index contributed by atoms with van der Waals surface area (Å²) in [6.45, 7) is 5.48. The van der Waals surface area contributed by atoms with Crippen molar-refractivity contribution in [2.75, 3.05) is 13.7 Å². The zero-order valence-corrected chi connectivity index (χ0v) is 11.1. The van der Waals surface area contributed by atoms with E-state index in [-0.39, 0.29) is 0 Å². The number of aryl methyl sites for hydroxylation is 2. The maximum Gasteiger partial charge on any atom is 0.0860 e. The van der Waals surface area contributed by atoms with Crippen LogP contribution in [0.1, 0.15) is 24.7 Å². The molecule has 0 aliphatic carbocycles. The Morgan fingerprint density at radius 3 is 2.69 bits per heavy atom. The molecule has 1 aromatic heterocycles. The molecule has 0 saturated heterocycles. The van der Waals surface area contributed by atoms with Gasteiger partial charge in [-0.1, -0.05) is 18.5 Å². The standard InChI is InChI=1S/C11H20ClN3O/c1-5-9(7-16-4)13-6-10-11(12)8(2)14-15(10)3/h9,13H,5-7H2,1-4H3. The molecule has 1 N–H and O–H groups in total. The van der Waals surface area contributed by atoms with Crippen molar-refractivity contribution in [3.05, 3.63) is 16.4 Å². The summed E-state index contributed by atoms with van der Waals surface area (Å²) in [4.78, 5) is 0. The molecule has 4 nitrogen and oxygen atoms in total. The predicted octanol–water partition coefficient (Wildman–Crippen LogP) is 1.90. The largest absolute Gasteiger partial charge is 0.383 e. The average molecular weight is 246 g/mol. The van der Waals surface area contributed by atoms with Crippen molar-refractivity contribution >= 4 is 11.6 Å². The Bertz CT molecular complexity index is 338. The molecule has 0 radical (unpaired) electrons. The molecule has 1 atom stereocenters. The first-order valence-corrected chi connectivity index (χ1v) is 5.88. The van der Waals surface area contributed by atoms with Crippen LogP contribution in [-0.4, -0.2) is 29.5 Å². The van der Waals surface area contributed by atoms with Crippen molar-refractivity contribution in [2.24, 2.45) is 7.05 Å². The second-order valence-electron chi connectivity index (χ2n) is 3.91. The molecule has 16 heavy (non-hydrogen) atoms. The van der Waals surface area contributed by atoms with E-state index in [1.54, 1.807) is 7.11 Å². The number of hydrogen-bond donors (Lipinski definition) is 1. The Labute approximate surface area is 102 Å². The topological polar surface area (TPSA) is 39.1 Å². The lowest BCUT2D eigenvalue weighted by Crippen LogP contribution is -2.32. The van der Waals surface area contributed by atoms with Crippen molar-refractivity contribution in [1.29, 1.82) is 0 Å². The molecule has 0 aromatic carbocycles. The number of ether oxygens (including phenoxy) is 1. The van der Waals surface area contributed by atoms with Gasteiger partial charge in [0.05, 0.1) is 23.0 Å². The van der Waals surface area contributed by atoms with Crippen molar-refractivity contribution in [3.63, 3.8) is 0 Å². The maximum atomic E-state index is 6.16.